The minimum atomic E-state index is -4.42. The minimum absolute atomic E-state index is 0.0284. The molecule has 4 nitrogen and oxygen atoms in total. The predicted octanol–water partition coefficient (Wildman–Crippen LogP) is 4.13. The molecule has 132 valence electrons. The Balaban J connectivity index is 2.01. The number of hydrogen-bond donors (Lipinski definition) is 0. The number of likely N-dealkylation sites (tertiary alicyclic amines) is 1. The highest BCUT2D eigenvalue weighted by molar-refractivity contribution is 5.82. The number of carbonyl (C=O) groups excluding carboxylic acids is 1. The van der Waals surface area contributed by atoms with Crippen molar-refractivity contribution in [1.29, 1.82) is 0 Å². The molecule has 0 spiro atoms. The molecule has 1 atom stereocenters. The van der Waals surface area contributed by atoms with Gasteiger partial charge >= 0.3 is 12.3 Å². The SMILES string of the molecule is CC(C)(C)OC(=O)N1CC[C@H](N=Cc2ccccc2C(F)(F)F)C1. The summed E-state index contributed by atoms with van der Waals surface area (Å²) in [6, 6.07) is 5.08. The maximum absolute atomic E-state index is 12.9. The largest absolute Gasteiger partial charge is 0.444 e. The van der Waals surface area contributed by atoms with Crippen molar-refractivity contribution in [2.75, 3.05) is 13.1 Å². The van der Waals surface area contributed by atoms with Crippen molar-refractivity contribution in [3.05, 3.63) is 35.4 Å². The molecule has 1 aromatic carbocycles. The van der Waals surface area contributed by atoms with Gasteiger partial charge in [-0.2, -0.15) is 13.2 Å². The maximum Gasteiger partial charge on any atom is 0.417 e. The molecule has 24 heavy (non-hydrogen) atoms. The van der Waals surface area contributed by atoms with E-state index in [1.807, 2.05) is 0 Å². The van der Waals surface area contributed by atoms with Crippen molar-refractivity contribution in [3.8, 4) is 0 Å². The molecule has 0 unspecified atom stereocenters. The number of nitrogens with zero attached hydrogens (tertiary/aromatic N) is 2. The Morgan fingerprint density at radius 2 is 1.96 bits per heavy atom. The van der Waals surface area contributed by atoms with Gasteiger partial charge in [0, 0.05) is 24.9 Å². The summed E-state index contributed by atoms with van der Waals surface area (Å²) in [4.78, 5) is 17.7. The van der Waals surface area contributed by atoms with E-state index in [1.165, 1.54) is 29.3 Å². The van der Waals surface area contributed by atoms with E-state index in [4.69, 9.17) is 4.74 Å². The lowest BCUT2D eigenvalue weighted by atomic mass is 10.1. The molecular weight excluding hydrogens is 321 g/mol. The zero-order valence-corrected chi connectivity index (χ0v) is 13.9. The molecule has 1 aliphatic rings. The number of hydrogen-bond acceptors (Lipinski definition) is 3. The normalized spacial score (nSPS) is 19.1. The highest BCUT2D eigenvalue weighted by atomic mass is 19.4. The molecule has 2 rings (SSSR count). The second-order valence-corrected chi connectivity index (χ2v) is 6.73. The first-order valence-electron chi connectivity index (χ1n) is 7.73. The zero-order valence-electron chi connectivity index (χ0n) is 13.9. The van der Waals surface area contributed by atoms with Gasteiger partial charge in [0.15, 0.2) is 0 Å². The number of rotatable bonds is 2. The van der Waals surface area contributed by atoms with Crippen LogP contribution in [0.2, 0.25) is 0 Å². The first kappa shape index (κ1) is 18.3. The van der Waals surface area contributed by atoms with E-state index >= 15 is 0 Å². The van der Waals surface area contributed by atoms with Crippen molar-refractivity contribution >= 4 is 12.3 Å². The molecule has 0 bridgehead atoms. The Kier molecular flexibility index (Phi) is 5.20. The van der Waals surface area contributed by atoms with Crippen LogP contribution in [0.15, 0.2) is 29.3 Å². The van der Waals surface area contributed by atoms with Crippen molar-refractivity contribution in [1.82, 2.24) is 4.90 Å². The van der Waals surface area contributed by atoms with Gasteiger partial charge in [-0.05, 0) is 33.3 Å². The quantitative estimate of drug-likeness (QED) is 0.758. The fraction of sp³-hybridized carbons (Fsp3) is 0.529. The minimum Gasteiger partial charge on any atom is -0.444 e. The smallest absolute Gasteiger partial charge is 0.417 e. The average Bonchev–Trinajstić information content (AvgIpc) is 2.91. The van der Waals surface area contributed by atoms with Crippen LogP contribution in [0.3, 0.4) is 0 Å². The van der Waals surface area contributed by atoms with Crippen LogP contribution in [0.4, 0.5) is 18.0 Å². The molecule has 1 aromatic rings. The fourth-order valence-corrected chi connectivity index (χ4v) is 2.41. The van der Waals surface area contributed by atoms with Gasteiger partial charge in [0.05, 0.1) is 11.6 Å². The van der Waals surface area contributed by atoms with Gasteiger partial charge in [0.2, 0.25) is 0 Å². The van der Waals surface area contributed by atoms with Crippen LogP contribution >= 0.6 is 0 Å². The predicted molar refractivity (Wildman–Crippen MR) is 85.3 cm³/mol. The summed E-state index contributed by atoms with van der Waals surface area (Å²) in [7, 11) is 0. The molecule has 7 heteroatoms. The Morgan fingerprint density at radius 1 is 1.29 bits per heavy atom. The lowest BCUT2D eigenvalue weighted by Crippen LogP contribution is -2.35. The first-order valence-corrected chi connectivity index (χ1v) is 7.73. The van der Waals surface area contributed by atoms with Crippen molar-refractivity contribution in [3.63, 3.8) is 0 Å². The molecule has 0 N–H and O–H groups in total. The zero-order chi connectivity index (χ0) is 18.0. The van der Waals surface area contributed by atoms with Gasteiger partial charge in [-0.25, -0.2) is 4.79 Å². The average molecular weight is 342 g/mol. The lowest BCUT2D eigenvalue weighted by molar-refractivity contribution is -0.137. The second kappa shape index (κ2) is 6.83. The van der Waals surface area contributed by atoms with Crippen molar-refractivity contribution in [2.45, 2.75) is 45.0 Å². The van der Waals surface area contributed by atoms with E-state index in [2.05, 4.69) is 4.99 Å². The first-order chi connectivity index (χ1) is 11.1. The molecule has 0 aliphatic carbocycles. The number of ether oxygens (including phenoxy) is 1. The molecular formula is C17H21F3N2O2. The van der Waals surface area contributed by atoms with Crippen LogP contribution in [0.5, 0.6) is 0 Å². The van der Waals surface area contributed by atoms with Gasteiger partial charge in [-0.15, -0.1) is 0 Å². The van der Waals surface area contributed by atoms with Gasteiger partial charge < -0.3 is 9.64 Å². The van der Waals surface area contributed by atoms with Crippen molar-refractivity contribution in [2.24, 2.45) is 4.99 Å². The number of carbonyl (C=O) groups is 1. The molecule has 0 aromatic heterocycles. The molecule has 1 saturated heterocycles. The van der Waals surface area contributed by atoms with Gasteiger partial charge in [0.1, 0.15) is 5.60 Å². The Bertz CT molecular complexity index is 621. The third-order valence-corrected chi connectivity index (χ3v) is 3.51. The molecule has 1 heterocycles. The van der Waals surface area contributed by atoms with Gasteiger partial charge in [0.25, 0.3) is 0 Å². The number of aliphatic imine (C=N–C) groups is 1. The monoisotopic (exact) mass is 342 g/mol. The summed E-state index contributed by atoms with van der Waals surface area (Å²) in [6.45, 7) is 6.18. The van der Waals surface area contributed by atoms with E-state index in [1.54, 1.807) is 20.8 Å². The third-order valence-electron chi connectivity index (χ3n) is 3.51. The maximum atomic E-state index is 12.9. The Hall–Kier alpha value is -2.05. The van der Waals surface area contributed by atoms with E-state index in [9.17, 15) is 18.0 Å². The summed E-state index contributed by atoms with van der Waals surface area (Å²) < 4.78 is 44.1. The highest BCUT2D eigenvalue weighted by Crippen LogP contribution is 2.31. The number of amides is 1. The van der Waals surface area contributed by atoms with E-state index in [0.29, 0.717) is 19.5 Å². The van der Waals surface area contributed by atoms with E-state index in [-0.39, 0.29) is 11.6 Å². The van der Waals surface area contributed by atoms with Crippen molar-refractivity contribution < 1.29 is 22.7 Å². The molecule has 1 amide bonds. The fourth-order valence-electron chi connectivity index (χ4n) is 2.41. The van der Waals surface area contributed by atoms with E-state index in [0.717, 1.165) is 6.07 Å². The van der Waals surface area contributed by atoms with Crippen LogP contribution in [0, 0.1) is 0 Å². The molecule has 1 fully saturated rings. The summed E-state index contributed by atoms with van der Waals surface area (Å²) >= 11 is 0. The molecule has 1 aliphatic heterocycles. The topological polar surface area (TPSA) is 41.9 Å². The molecule has 0 saturated carbocycles. The van der Waals surface area contributed by atoms with Gasteiger partial charge in [-0.1, -0.05) is 18.2 Å². The van der Waals surface area contributed by atoms with E-state index < -0.39 is 23.4 Å². The lowest BCUT2D eigenvalue weighted by Gasteiger charge is -2.24. The number of alkyl halides is 3. The second-order valence-electron chi connectivity index (χ2n) is 6.73. The van der Waals surface area contributed by atoms with Crippen LogP contribution in [-0.4, -0.2) is 41.9 Å². The van der Waals surface area contributed by atoms with Crippen LogP contribution < -0.4 is 0 Å². The summed E-state index contributed by atoms with van der Waals surface area (Å²) in [6.07, 6.45) is -2.99. The summed E-state index contributed by atoms with van der Waals surface area (Å²) in [5.74, 6) is 0. The molecule has 0 radical (unpaired) electrons. The number of halogens is 3. The highest BCUT2D eigenvalue weighted by Gasteiger charge is 2.33. The Labute approximate surface area is 139 Å². The number of benzene rings is 1. The summed E-state index contributed by atoms with van der Waals surface area (Å²) in [5.41, 5.74) is -1.26. The van der Waals surface area contributed by atoms with Crippen LogP contribution in [0.25, 0.3) is 0 Å². The van der Waals surface area contributed by atoms with Crippen LogP contribution in [0.1, 0.15) is 38.3 Å². The standard InChI is InChI=1S/C17H21F3N2O2/c1-16(2,3)24-15(23)22-9-8-13(11-22)21-10-12-6-4-5-7-14(12)17(18,19)20/h4-7,10,13H,8-9,11H2,1-3H3/t13-/m0/s1. The van der Waals surface area contributed by atoms with Crippen LogP contribution in [-0.2, 0) is 10.9 Å². The Morgan fingerprint density at radius 3 is 2.58 bits per heavy atom. The van der Waals surface area contributed by atoms with Gasteiger partial charge in [-0.3, -0.25) is 4.99 Å². The third kappa shape index (κ3) is 4.97. The summed E-state index contributed by atoms with van der Waals surface area (Å²) in [5, 5.41) is 0.